The molecular weight excluding hydrogens is 375 g/mol. The first kappa shape index (κ1) is 19.4. The lowest BCUT2D eigenvalue weighted by molar-refractivity contribution is -0.149. The standard InChI is InChI=1S/C22H23FN2O4/c1-14-17-8-7-15(23)11-18(17)21(22(27)24-9-3-6-19(14)24)25(20(26)13-28-2)12-16-5-4-10-29-16/h4-5,7-8,10-11,19,21H,1,3,6,9,12-13H2,2H3/t19-,21-/m1/s1. The average molecular weight is 398 g/mol. The van der Waals surface area contributed by atoms with Crippen LogP contribution in [0.3, 0.4) is 0 Å². The molecule has 2 aliphatic rings. The topological polar surface area (TPSA) is 63.0 Å². The zero-order chi connectivity index (χ0) is 20.5. The van der Waals surface area contributed by atoms with Gasteiger partial charge in [0, 0.05) is 13.7 Å². The van der Waals surface area contributed by atoms with Crippen LogP contribution in [0.4, 0.5) is 4.39 Å². The SMILES string of the molecule is C=C1c2ccc(F)cc2[C@@H](N(Cc2ccco2)C(=O)COC)C(=O)N2CCC[C@H]12. The number of halogens is 1. The summed E-state index contributed by atoms with van der Waals surface area (Å²) in [6, 6.07) is 6.69. The summed E-state index contributed by atoms with van der Waals surface area (Å²) in [5.74, 6) is -0.537. The summed E-state index contributed by atoms with van der Waals surface area (Å²) in [5, 5.41) is 0. The molecule has 0 radical (unpaired) electrons. The van der Waals surface area contributed by atoms with E-state index in [9.17, 15) is 14.0 Å². The first-order chi connectivity index (χ1) is 14.0. The van der Waals surface area contributed by atoms with Gasteiger partial charge in [-0.3, -0.25) is 9.59 Å². The molecule has 4 rings (SSSR count). The summed E-state index contributed by atoms with van der Waals surface area (Å²) in [4.78, 5) is 29.8. The predicted molar refractivity (Wildman–Crippen MR) is 104 cm³/mol. The maximum Gasteiger partial charge on any atom is 0.250 e. The van der Waals surface area contributed by atoms with Gasteiger partial charge in [-0.05, 0) is 53.8 Å². The average Bonchev–Trinajstić information content (AvgIpc) is 3.37. The highest BCUT2D eigenvalue weighted by Gasteiger charge is 2.44. The molecule has 0 unspecified atom stereocenters. The molecule has 2 atom stereocenters. The third-order valence-electron chi connectivity index (χ3n) is 5.63. The van der Waals surface area contributed by atoms with Crippen molar-refractivity contribution in [3.05, 3.63) is 65.9 Å². The minimum Gasteiger partial charge on any atom is -0.467 e. The van der Waals surface area contributed by atoms with Gasteiger partial charge >= 0.3 is 0 Å². The molecular formula is C22H23FN2O4. The fourth-order valence-corrected chi connectivity index (χ4v) is 4.32. The molecule has 1 aromatic heterocycles. The Morgan fingerprint density at radius 3 is 2.97 bits per heavy atom. The number of hydrogen-bond donors (Lipinski definition) is 0. The number of benzene rings is 1. The largest absolute Gasteiger partial charge is 0.467 e. The molecule has 6 nitrogen and oxygen atoms in total. The predicted octanol–water partition coefficient (Wildman–Crippen LogP) is 3.15. The summed E-state index contributed by atoms with van der Waals surface area (Å²) in [5.41, 5.74) is 1.95. The van der Waals surface area contributed by atoms with Gasteiger partial charge in [0.1, 0.15) is 24.2 Å². The van der Waals surface area contributed by atoms with Crippen LogP contribution in [0.15, 0.2) is 47.6 Å². The summed E-state index contributed by atoms with van der Waals surface area (Å²) < 4.78 is 24.7. The van der Waals surface area contributed by atoms with Crippen molar-refractivity contribution in [2.45, 2.75) is 31.5 Å². The van der Waals surface area contributed by atoms with Crippen molar-refractivity contribution in [2.75, 3.05) is 20.3 Å². The van der Waals surface area contributed by atoms with Crippen LogP contribution in [0.1, 0.15) is 35.8 Å². The smallest absolute Gasteiger partial charge is 0.250 e. The number of nitrogens with zero attached hydrogens (tertiary/aromatic N) is 2. The van der Waals surface area contributed by atoms with Crippen molar-refractivity contribution in [3.8, 4) is 0 Å². The number of hydrogen-bond acceptors (Lipinski definition) is 4. The molecule has 2 amide bonds. The van der Waals surface area contributed by atoms with Gasteiger partial charge in [0.15, 0.2) is 0 Å². The molecule has 7 heteroatoms. The van der Waals surface area contributed by atoms with Crippen LogP contribution in [0.5, 0.6) is 0 Å². The van der Waals surface area contributed by atoms with Gasteiger partial charge in [-0.15, -0.1) is 0 Å². The second-order valence-electron chi connectivity index (χ2n) is 7.38. The van der Waals surface area contributed by atoms with Crippen molar-refractivity contribution in [3.63, 3.8) is 0 Å². The van der Waals surface area contributed by atoms with Gasteiger partial charge in [0.25, 0.3) is 5.91 Å². The van der Waals surface area contributed by atoms with Crippen LogP contribution in [0.2, 0.25) is 0 Å². The highest BCUT2D eigenvalue weighted by atomic mass is 19.1. The molecule has 152 valence electrons. The highest BCUT2D eigenvalue weighted by Crippen LogP contribution is 2.41. The van der Waals surface area contributed by atoms with E-state index in [0.717, 1.165) is 18.4 Å². The van der Waals surface area contributed by atoms with Crippen molar-refractivity contribution in [2.24, 2.45) is 0 Å². The zero-order valence-electron chi connectivity index (χ0n) is 16.3. The van der Waals surface area contributed by atoms with E-state index < -0.39 is 11.9 Å². The number of carbonyl (C=O) groups is 2. The van der Waals surface area contributed by atoms with Gasteiger partial charge in [0.2, 0.25) is 5.91 Å². The molecule has 0 saturated carbocycles. The first-order valence-corrected chi connectivity index (χ1v) is 9.61. The minimum atomic E-state index is -0.978. The summed E-state index contributed by atoms with van der Waals surface area (Å²) in [7, 11) is 1.42. The van der Waals surface area contributed by atoms with E-state index in [-0.39, 0.29) is 31.0 Å². The van der Waals surface area contributed by atoms with E-state index in [1.165, 1.54) is 30.4 Å². The van der Waals surface area contributed by atoms with Crippen molar-refractivity contribution < 1.29 is 23.1 Å². The Hall–Kier alpha value is -2.93. The van der Waals surface area contributed by atoms with Gasteiger partial charge in [0.05, 0.1) is 18.8 Å². The molecule has 0 spiro atoms. The zero-order valence-corrected chi connectivity index (χ0v) is 16.3. The summed E-state index contributed by atoms with van der Waals surface area (Å²) in [6.45, 7) is 4.68. The highest BCUT2D eigenvalue weighted by molar-refractivity contribution is 5.94. The second-order valence-corrected chi connectivity index (χ2v) is 7.38. The lowest BCUT2D eigenvalue weighted by atomic mass is 9.92. The van der Waals surface area contributed by atoms with Crippen molar-refractivity contribution in [1.82, 2.24) is 9.80 Å². The van der Waals surface area contributed by atoms with Crippen molar-refractivity contribution in [1.29, 1.82) is 0 Å². The normalized spacial score (nSPS) is 21.0. The summed E-state index contributed by atoms with van der Waals surface area (Å²) in [6.07, 6.45) is 3.18. The van der Waals surface area contributed by atoms with E-state index in [1.807, 2.05) is 0 Å². The number of carbonyl (C=O) groups excluding carboxylic acids is 2. The van der Waals surface area contributed by atoms with E-state index in [0.29, 0.717) is 23.4 Å². The van der Waals surface area contributed by atoms with Crippen LogP contribution in [0.25, 0.3) is 5.57 Å². The molecule has 3 heterocycles. The fourth-order valence-electron chi connectivity index (χ4n) is 4.32. The number of methoxy groups -OCH3 is 1. The molecule has 0 bridgehead atoms. The van der Waals surface area contributed by atoms with E-state index in [2.05, 4.69) is 6.58 Å². The molecule has 2 aliphatic heterocycles. The van der Waals surface area contributed by atoms with Gasteiger partial charge in [-0.25, -0.2) is 4.39 Å². The molecule has 1 fully saturated rings. The number of fused-ring (bicyclic) bond motifs is 2. The van der Waals surface area contributed by atoms with Gasteiger partial charge < -0.3 is 19.0 Å². The maximum atomic E-state index is 14.2. The van der Waals surface area contributed by atoms with Crippen LogP contribution in [-0.4, -0.2) is 47.9 Å². The first-order valence-electron chi connectivity index (χ1n) is 9.61. The molecule has 1 saturated heterocycles. The van der Waals surface area contributed by atoms with E-state index >= 15 is 0 Å². The number of rotatable bonds is 5. The van der Waals surface area contributed by atoms with Gasteiger partial charge in [-0.2, -0.15) is 0 Å². The molecule has 0 aliphatic carbocycles. The Morgan fingerprint density at radius 1 is 1.41 bits per heavy atom. The molecule has 0 N–H and O–H groups in total. The minimum absolute atomic E-state index is 0.0759. The van der Waals surface area contributed by atoms with Crippen molar-refractivity contribution >= 4 is 17.4 Å². The Balaban J connectivity index is 1.85. The Kier molecular flexibility index (Phi) is 5.24. The monoisotopic (exact) mass is 398 g/mol. The van der Waals surface area contributed by atoms with Gasteiger partial charge in [-0.1, -0.05) is 12.6 Å². The van der Waals surface area contributed by atoms with Crippen LogP contribution < -0.4 is 0 Å². The van der Waals surface area contributed by atoms with Crippen LogP contribution >= 0.6 is 0 Å². The third kappa shape index (κ3) is 3.46. The lowest BCUT2D eigenvalue weighted by Gasteiger charge is -2.33. The van der Waals surface area contributed by atoms with Crippen LogP contribution in [0, 0.1) is 5.82 Å². The fraction of sp³-hybridized carbons (Fsp3) is 0.364. The quantitative estimate of drug-likeness (QED) is 0.776. The van der Waals surface area contributed by atoms with Crippen LogP contribution in [-0.2, 0) is 20.9 Å². The maximum absolute atomic E-state index is 14.2. The second kappa shape index (κ2) is 7.83. The van der Waals surface area contributed by atoms with E-state index in [4.69, 9.17) is 9.15 Å². The Morgan fingerprint density at radius 2 is 2.24 bits per heavy atom. The Bertz CT molecular complexity index is 940. The molecule has 1 aromatic carbocycles. The summed E-state index contributed by atoms with van der Waals surface area (Å²) >= 11 is 0. The molecule has 29 heavy (non-hydrogen) atoms. The number of amides is 2. The third-order valence-corrected chi connectivity index (χ3v) is 5.63. The Labute approximate surface area is 168 Å². The van der Waals surface area contributed by atoms with E-state index in [1.54, 1.807) is 23.1 Å². The number of ether oxygens (including phenoxy) is 1. The lowest BCUT2D eigenvalue weighted by Crippen LogP contribution is -2.46. The number of furan rings is 1. The molecule has 2 aromatic rings.